The average molecular weight is 244 g/mol. The molecule has 1 N–H and O–H groups in total. The highest BCUT2D eigenvalue weighted by atomic mass is 16.8. The molecule has 5 nitrogen and oxygen atoms in total. The van der Waals surface area contributed by atoms with Gasteiger partial charge in [-0.05, 0) is 27.7 Å². The lowest BCUT2D eigenvalue weighted by Crippen LogP contribution is -2.41. The molecule has 2 aliphatic heterocycles. The van der Waals surface area contributed by atoms with Crippen molar-refractivity contribution in [3.8, 4) is 0 Å². The van der Waals surface area contributed by atoms with E-state index in [1.807, 2.05) is 13.8 Å². The van der Waals surface area contributed by atoms with E-state index in [0.717, 1.165) is 0 Å². The minimum absolute atomic E-state index is 0.317. The van der Waals surface area contributed by atoms with Gasteiger partial charge in [-0.3, -0.25) is 0 Å². The SMILES string of the molecule is C=C[C@@H]1OC(C)(C)O[C@@H]1[C@H]1OC(C)(C)OC1O. The van der Waals surface area contributed by atoms with Crippen LogP contribution in [0.2, 0.25) is 0 Å². The van der Waals surface area contributed by atoms with Gasteiger partial charge in [0.05, 0.1) is 0 Å². The molecule has 0 aromatic heterocycles. The van der Waals surface area contributed by atoms with Crippen LogP contribution < -0.4 is 0 Å². The van der Waals surface area contributed by atoms with E-state index in [4.69, 9.17) is 18.9 Å². The Morgan fingerprint density at radius 2 is 1.47 bits per heavy atom. The Morgan fingerprint density at radius 1 is 0.941 bits per heavy atom. The Kier molecular flexibility index (Phi) is 3.08. The number of aliphatic hydroxyl groups is 1. The Labute approximate surface area is 101 Å². The van der Waals surface area contributed by atoms with Crippen molar-refractivity contribution in [1.29, 1.82) is 0 Å². The molecule has 0 aromatic rings. The van der Waals surface area contributed by atoms with Crippen molar-refractivity contribution in [2.24, 2.45) is 0 Å². The molecular weight excluding hydrogens is 224 g/mol. The molecule has 98 valence electrons. The zero-order valence-electron chi connectivity index (χ0n) is 10.7. The standard InChI is InChI=1S/C12H20O5/c1-6-7-8(15-11(2,3)14-7)9-10(13)17-12(4,5)16-9/h6-10,13H,1H2,2-5H3/t7-,8-,9+,10?/m0/s1. The quantitative estimate of drug-likeness (QED) is 0.739. The van der Waals surface area contributed by atoms with Gasteiger partial charge in [0.15, 0.2) is 17.9 Å². The van der Waals surface area contributed by atoms with Crippen LogP contribution in [-0.4, -0.2) is 41.3 Å². The summed E-state index contributed by atoms with van der Waals surface area (Å²) in [6, 6.07) is 0. The van der Waals surface area contributed by atoms with E-state index >= 15 is 0 Å². The van der Waals surface area contributed by atoms with Gasteiger partial charge in [-0.15, -0.1) is 6.58 Å². The zero-order valence-corrected chi connectivity index (χ0v) is 10.7. The van der Waals surface area contributed by atoms with Crippen LogP contribution in [0.5, 0.6) is 0 Å². The van der Waals surface area contributed by atoms with E-state index in [0.29, 0.717) is 0 Å². The maximum absolute atomic E-state index is 9.85. The van der Waals surface area contributed by atoms with Gasteiger partial charge in [-0.25, -0.2) is 0 Å². The van der Waals surface area contributed by atoms with Crippen molar-refractivity contribution in [2.75, 3.05) is 0 Å². The summed E-state index contributed by atoms with van der Waals surface area (Å²) in [6.45, 7) is 10.8. The summed E-state index contributed by atoms with van der Waals surface area (Å²) in [6.07, 6.45) is -0.674. The van der Waals surface area contributed by atoms with E-state index in [9.17, 15) is 5.11 Å². The van der Waals surface area contributed by atoms with Crippen LogP contribution in [0.4, 0.5) is 0 Å². The number of aliphatic hydroxyl groups excluding tert-OH is 1. The normalized spacial score (nSPS) is 43.8. The van der Waals surface area contributed by atoms with Gasteiger partial charge in [-0.2, -0.15) is 0 Å². The molecule has 0 saturated carbocycles. The Morgan fingerprint density at radius 3 is 1.94 bits per heavy atom. The molecule has 1 unspecified atom stereocenters. The van der Waals surface area contributed by atoms with Gasteiger partial charge < -0.3 is 24.1 Å². The van der Waals surface area contributed by atoms with Crippen molar-refractivity contribution in [3.05, 3.63) is 12.7 Å². The fourth-order valence-corrected chi connectivity index (χ4v) is 2.25. The molecule has 2 saturated heterocycles. The van der Waals surface area contributed by atoms with Gasteiger partial charge in [0.1, 0.15) is 18.3 Å². The predicted octanol–water partition coefficient (Wildman–Crippen LogP) is 1.16. The van der Waals surface area contributed by atoms with Gasteiger partial charge in [-0.1, -0.05) is 6.08 Å². The second kappa shape index (κ2) is 4.03. The minimum atomic E-state index is -1.02. The summed E-state index contributed by atoms with van der Waals surface area (Å²) >= 11 is 0. The number of hydrogen-bond acceptors (Lipinski definition) is 5. The molecule has 0 amide bonds. The first-order valence-electron chi connectivity index (χ1n) is 5.76. The molecule has 2 fully saturated rings. The van der Waals surface area contributed by atoms with Crippen molar-refractivity contribution >= 4 is 0 Å². The van der Waals surface area contributed by atoms with Crippen molar-refractivity contribution < 1.29 is 24.1 Å². The molecule has 0 spiro atoms. The van der Waals surface area contributed by atoms with Gasteiger partial charge in [0, 0.05) is 0 Å². The molecule has 2 aliphatic rings. The summed E-state index contributed by atoms with van der Waals surface area (Å²) in [5, 5.41) is 9.85. The second-order valence-corrected chi connectivity index (χ2v) is 5.29. The van der Waals surface area contributed by atoms with Crippen LogP contribution >= 0.6 is 0 Å². The van der Waals surface area contributed by atoms with Crippen LogP contribution in [0.25, 0.3) is 0 Å². The highest BCUT2D eigenvalue weighted by Gasteiger charge is 2.52. The average Bonchev–Trinajstić information content (AvgIpc) is 2.62. The smallest absolute Gasteiger partial charge is 0.187 e. The highest BCUT2D eigenvalue weighted by molar-refractivity contribution is 4.99. The van der Waals surface area contributed by atoms with E-state index in [1.165, 1.54) is 0 Å². The topological polar surface area (TPSA) is 57.2 Å². The van der Waals surface area contributed by atoms with E-state index < -0.39 is 30.1 Å². The third kappa shape index (κ3) is 2.53. The van der Waals surface area contributed by atoms with E-state index in [1.54, 1.807) is 19.9 Å². The Balaban J connectivity index is 2.14. The summed E-state index contributed by atoms with van der Waals surface area (Å²) in [7, 11) is 0. The van der Waals surface area contributed by atoms with Crippen molar-refractivity contribution in [3.63, 3.8) is 0 Å². The fraction of sp³-hybridized carbons (Fsp3) is 0.833. The number of ether oxygens (including phenoxy) is 4. The Hall–Kier alpha value is -0.460. The van der Waals surface area contributed by atoms with Gasteiger partial charge in [0.2, 0.25) is 0 Å². The molecule has 0 aromatic carbocycles. The maximum atomic E-state index is 9.85. The summed E-state index contributed by atoms with van der Waals surface area (Å²) in [4.78, 5) is 0. The molecule has 4 atom stereocenters. The highest BCUT2D eigenvalue weighted by Crippen LogP contribution is 2.37. The lowest BCUT2D eigenvalue weighted by molar-refractivity contribution is -0.179. The molecule has 2 rings (SSSR count). The molecular formula is C12H20O5. The molecule has 0 radical (unpaired) electrons. The Bertz CT molecular complexity index is 312. The minimum Gasteiger partial charge on any atom is -0.366 e. The first-order chi connectivity index (χ1) is 7.74. The molecule has 5 heteroatoms. The largest absolute Gasteiger partial charge is 0.366 e. The van der Waals surface area contributed by atoms with Crippen LogP contribution in [0.15, 0.2) is 12.7 Å². The van der Waals surface area contributed by atoms with Crippen LogP contribution in [-0.2, 0) is 18.9 Å². The van der Waals surface area contributed by atoms with Crippen molar-refractivity contribution in [1.82, 2.24) is 0 Å². The fourth-order valence-electron chi connectivity index (χ4n) is 2.25. The third-order valence-corrected chi connectivity index (χ3v) is 2.83. The number of hydrogen-bond donors (Lipinski definition) is 1. The lowest BCUT2D eigenvalue weighted by Gasteiger charge is -2.23. The van der Waals surface area contributed by atoms with Crippen molar-refractivity contribution in [2.45, 2.75) is 63.9 Å². The van der Waals surface area contributed by atoms with E-state index in [-0.39, 0.29) is 6.10 Å². The third-order valence-electron chi connectivity index (χ3n) is 2.83. The van der Waals surface area contributed by atoms with Crippen LogP contribution in [0.3, 0.4) is 0 Å². The summed E-state index contributed by atoms with van der Waals surface area (Å²) < 4.78 is 22.3. The molecule has 0 aliphatic carbocycles. The maximum Gasteiger partial charge on any atom is 0.187 e. The van der Waals surface area contributed by atoms with E-state index in [2.05, 4.69) is 6.58 Å². The first-order valence-corrected chi connectivity index (χ1v) is 5.76. The lowest BCUT2D eigenvalue weighted by atomic mass is 10.1. The first kappa shape index (κ1) is 13.0. The molecule has 2 heterocycles. The summed E-state index contributed by atoms with van der Waals surface area (Å²) in [5.41, 5.74) is 0. The zero-order chi connectivity index (χ0) is 12.8. The van der Waals surface area contributed by atoms with Gasteiger partial charge in [0.25, 0.3) is 0 Å². The number of rotatable bonds is 2. The predicted molar refractivity (Wildman–Crippen MR) is 60.1 cm³/mol. The molecule has 17 heavy (non-hydrogen) atoms. The van der Waals surface area contributed by atoms with Crippen LogP contribution in [0.1, 0.15) is 27.7 Å². The monoisotopic (exact) mass is 244 g/mol. The van der Waals surface area contributed by atoms with Gasteiger partial charge >= 0.3 is 0 Å². The summed E-state index contributed by atoms with van der Waals surface area (Å²) in [5.74, 6) is -1.52. The second-order valence-electron chi connectivity index (χ2n) is 5.29. The van der Waals surface area contributed by atoms with Crippen LogP contribution in [0, 0.1) is 0 Å². The molecule has 0 bridgehead atoms.